The van der Waals surface area contributed by atoms with E-state index in [0.717, 1.165) is 43.4 Å². The summed E-state index contributed by atoms with van der Waals surface area (Å²) in [6, 6.07) is 9.64. The number of nitrogens with zero attached hydrogens (tertiary/aromatic N) is 4. The minimum Gasteiger partial charge on any atom is -0.353 e. The zero-order valence-corrected chi connectivity index (χ0v) is 15.4. The molecule has 2 aromatic heterocycles. The molecule has 1 fully saturated rings. The predicted octanol–water partition coefficient (Wildman–Crippen LogP) is 1.41. The van der Waals surface area contributed by atoms with Crippen molar-refractivity contribution in [1.82, 2.24) is 14.7 Å². The van der Waals surface area contributed by atoms with Crippen molar-refractivity contribution in [2.75, 3.05) is 41.7 Å². The van der Waals surface area contributed by atoms with Gasteiger partial charge in [0.25, 0.3) is 0 Å². The van der Waals surface area contributed by atoms with Gasteiger partial charge in [0.15, 0.2) is 0 Å². The molecule has 0 aromatic carbocycles. The second-order valence-corrected chi connectivity index (χ2v) is 7.89. The summed E-state index contributed by atoms with van der Waals surface area (Å²) in [6.45, 7) is 6.99. The van der Waals surface area contributed by atoms with Gasteiger partial charge < -0.3 is 9.80 Å². The summed E-state index contributed by atoms with van der Waals surface area (Å²) in [5.41, 5.74) is 0.867. The Kier molecular flexibility index (Phi) is 5.85. The molecule has 0 radical (unpaired) electrons. The van der Waals surface area contributed by atoms with Gasteiger partial charge >= 0.3 is 0 Å². The van der Waals surface area contributed by atoms with Crippen LogP contribution in [0.3, 0.4) is 0 Å². The molecule has 0 saturated carbocycles. The number of hydrogen-bond acceptors (Lipinski definition) is 6. The Morgan fingerprint density at radius 1 is 1.04 bits per heavy atom. The zero-order valence-electron chi connectivity index (χ0n) is 14.6. The van der Waals surface area contributed by atoms with Gasteiger partial charge in [-0.25, -0.2) is 23.1 Å². The van der Waals surface area contributed by atoms with Gasteiger partial charge in [-0.3, -0.25) is 0 Å². The zero-order chi connectivity index (χ0) is 18.4. The van der Waals surface area contributed by atoms with Crippen LogP contribution in [-0.2, 0) is 16.6 Å². The molecule has 8 heteroatoms. The quantitative estimate of drug-likeness (QED) is 0.740. The van der Waals surface area contributed by atoms with Gasteiger partial charge in [-0.15, -0.1) is 6.58 Å². The normalized spacial score (nSPS) is 15.1. The van der Waals surface area contributed by atoms with Crippen LogP contribution >= 0.6 is 0 Å². The van der Waals surface area contributed by atoms with Crippen LogP contribution in [0.1, 0.15) is 5.56 Å². The molecule has 1 aliphatic heterocycles. The van der Waals surface area contributed by atoms with Gasteiger partial charge in [0.05, 0.1) is 5.75 Å². The number of nitrogens with one attached hydrogen (secondary N) is 1. The average molecular weight is 373 g/mol. The molecule has 0 unspecified atom stereocenters. The fraction of sp³-hybridized carbons (Fsp3) is 0.333. The van der Waals surface area contributed by atoms with E-state index in [0.29, 0.717) is 0 Å². The van der Waals surface area contributed by atoms with Gasteiger partial charge in [-0.1, -0.05) is 18.2 Å². The number of rotatable bonds is 7. The van der Waals surface area contributed by atoms with Crippen LogP contribution < -0.4 is 14.5 Å². The van der Waals surface area contributed by atoms with Crippen LogP contribution in [0.25, 0.3) is 0 Å². The second-order valence-electron chi connectivity index (χ2n) is 6.04. The Bertz CT molecular complexity index is 834. The van der Waals surface area contributed by atoms with E-state index in [-0.39, 0.29) is 12.3 Å². The van der Waals surface area contributed by atoms with Crippen LogP contribution in [0.15, 0.2) is 55.4 Å². The highest BCUT2D eigenvalue weighted by Gasteiger charge is 2.21. The lowest BCUT2D eigenvalue weighted by molar-refractivity contribution is 0.584. The van der Waals surface area contributed by atoms with Crippen LogP contribution in [-0.4, -0.2) is 50.3 Å². The third-order valence-electron chi connectivity index (χ3n) is 4.24. The van der Waals surface area contributed by atoms with Gasteiger partial charge in [0.1, 0.15) is 11.6 Å². The van der Waals surface area contributed by atoms with Crippen molar-refractivity contribution in [1.29, 1.82) is 0 Å². The van der Waals surface area contributed by atoms with Crippen molar-refractivity contribution in [3.05, 3.63) is 60.9 Å². The van der Waals surface area contributed by atoms with E-state index in [1.54, 1.807) is 12.4 Å². The van der Waals surface area contributed by atoms with Crippen molar-refractivity contribution in [2.24, 2.45) is 0 Å². The molecule has 0 bridgehead atoms. The molecule has 7 nitrogen and oxygen atoms in total. The Balaban J connectivity index is 1.66. The molecule has 26 heavy (non-hydrogen) atoms. The first-order valence-electron chi connectivity index (χ1n) is 8.52. The van der Waals surface area contributed by atoms with Crippen LogP contribution in [0.5, 0.6) is 0 Å². The molecule has 0 amide bonds. The molecule has 2 aromatic rings. The highest BCUT2D eigenvalue weighted by atomic mass is 32.2. The topological polar surface area (TPSA) is 78.4 Å². The lowest BCUT2D eigenvalue weighted by Crippen LogP contribution is -2.47. The maximum absolute atomic E-state index is 11.9. The van der Waals surface area contributed by atoms with Crippen molar-refractivity contribution in [3.8, 4) is 0 Å². The molecule has 0 aliphatic carbocycles. The summed E-state index contributed by atoms with van der Waals surface area (Å²) in [4.78, 5) is 13.3. The summed E-state index contributed by atoms with van der Waals surface area (Å²) in [5, 5.41) is 0. The van der Waals surface area contributed by atoms with Crippen molar-refractivity contribution in [2.45, 2.75) is 6.54 Å². The summed E-state index contributed by atoms with van der Waals surface area (Å²) in [7, 11) is -3.35. The Morgan fingerprint density at radius 3 is 2.46 bits per heavy atom. The monoisotopic (exact) mass is 373 g/mol. The number of pyridine rings is 2. The van der Waals surface area contributed by atoms with Crippen molar-refractivity contribution in [3.63, 3.8) is 0 Å². The average Bonchev–Trinajstić information content (AvgIpc) is 2.68. The predicted molar refractivity (Wildman–Crippen MR) is 104 cm³/mol. The molecule has 138 valence electrons. The standard InChI is InChI=1S/C18H23N5O2S/c1-2-14-26(24,25)21-15-16-6-5-9-20-18(16)23-12-10-22(11-13-23)17-7-3-4-8-19-17/h2-9,21H,1,10-15H2. The van der Waals surface area contributed by atoms with Crippen molar-refractivity contribution < 1.29 is 8.42 Å². The molecule has 0 spiro atoms. The van der Waals surface area contributed by atoms with E-state index in [2.05, 4.69) is 31.1 Å². The number of anilines is 2. The van der Waals surface area contributed by atoms with E-state index in [1.807, 2.05) is 30.3 Å². The first-order chi connectivity index (χ1) is 12.6. The first-order valence-corrected chi connectivity index (χ1v) is 10.2. The molecule has 3 heterocycles. The third-order valence-corrected chi connectivity index (χ3v) is 5.50. The van der Waals surface area contributed by atoms with Crippen LogP contribution in [0.4, 0.5) is 11.6 Å². The van der Waals surface area contributed by atoms with Gasteiger partial charge in [0.2, 0.25) is 10.0 Å². The fourth-order valence-electron chi connectivity index (χ4n) is 2.94. The van der Waals surface area contributed by atoms with E-state index < -0.39 is 10.0 Å². The summed E-state index contributed by atoms with van der Waals surface area (Å²) in [6.07, 6.45) is 4.92. The highest BCUT2D eigenvalue weighted by molar-refractivity contribution is 7.89. The lowest BCUT2D eigenvalue weighted by atomic mass is 10.2. The van der Waals surface area contributed by atoms with Crippen molar-refractivity contribution >= 4 is 21.7 Å². The molecule has 3 rings (SSSR count). The minimum absolute atomic E-state index is 0.0919. The van der Waals surface area contributed by atoms with Gasteiger partial charge in [-0.05, 0) is 18.2 Å². The Labute approximate surface area is 154 Å². The lowest BCUT2D eigenvalue weighted by Gasteiger charge is -2.36. The maximum Gasteiger partial charge on any atom is 0.215 e. The number of piperazine rings is 1. The summed E-state index contributed by atoms with van der Waals surface area (Å²) >= 11 is 0. The van der Waals surface area contributed by atoms with E-state index in [4.69, 9.17) is 0 Å². The van der Waals surface area contributed by atoms with Gasteiger partial charge in [0, 0.05) is 50.7 Å². The van der Waals surface area contributed by atoms with Gasteiger partial charge in [-0.2, -0.15) is 0 Å². The number of aromatic nitrogens is 2. The summed E-state index contributed by atoms with van der Waals surface area (Å²) < 4.78 is 26.3. The SMILES string of the molecule is C=CCS(=O)(=O)NCc1cccnc1N1CCN(c2ccccn2)CC1. The molecular formula is C18H23N5O2S. The first kappa shape index (κ1) is 18.3. The van der Waals surface area contributed by atoms with E-state index in [9.17, 15) is 8.42 Å². The Hall–Kier alpha value is -2.45. The molecular weight excluding hydrogens is 350 g/mol. The van der Waals surface area contributed by atoms with Crippen LogP contribution in [0, 0.1) is 0 Å². The molecule has 1 aliphatic rings. The highest BCUT2D eigenvalue weighted by Crippen LogP contribution is 2.21. The largest absolute Gasteiger partial charge is 0.353 e. The fourth-order valence-corrected chi connectivity index (χ4v) is 3.75. The van der Waals surface area contributed by atoms with E-state index in [1.165, 1.54) is 6.08 Å². The number of sulfonamides is 1. The molecule has 0 atom stereocenters. The smallest absolute Gasteiger partial charge is 0.215 e. The second kappa shape index (κ2) is 8.29. The maximum atomic E-state index is 11.9. The van der Waals surface area contributed by atoms with Crippen LogP contribution in [0.2, 0.25) is 0 Å². The molecule has 1 saturated heterocycles. The third kappa shape index (κ3) is 4.59. The molecule has 1 N–H and O–H groups in total. The minimum atomic E-state index is -3.35. The number of hydrogen-bond donors (Lipinski definition) is 1. The Morgan fingerprint density at radius 2 is 1.77 bits per heavy atom. The van der Waals surface area contributed by atoms with E-state index >= 15 is 0 Å². The summed E-state index contributed by atoms with van der Waals surface area (Å²) in [5.74, 6) is 1.71.